The van der Waals surface area contributed by atoms with E-state index >= 15 is 0 Å². The van der Waals surface area contributed by atoms with Crippen LogP contribution in [-0.2, 0) is 0 Å². The van der Waals surface area contributed by atoms with Crippen molar-refractivity contribution in [2.24, 2.45) is 4.99 Å². The molecule has 1 aromatic carbocycles. The topological polar surface area (TPSA) is 25.2 Å². The van der Waals surface area contributed by atoms with Gasteiger partial charge < -0.3 is 0 Å². The summed E-state index contributed by atoms with van der Waals surface area (Å²) in [5, 5.41) is 0. The number of aliphatic imine (C=N–C) groups is 1. The molecule has 3 rings (SSSR count). The third-order valence-electron chi connectivity index (χ3n) is 3.57. The number of aromatic nitrogens is 1. The molecule has 0 saturated carbocycles. The highest BCUT2D eigenvalue weighted by atomic mass is 35.5. The summed E-state index contributed by atoms with van der Waals surface area (Å²) in [6.45, 7) is 0.910. The second kappa shape index (κ2) is 9.76. The Morgan fingerprint density at radius 1 is 1.09 bits per heavy atom. The number of nitrogens with zero attached hydrogens (tertiary/aromatic N) is 2. The molecule has 2 heterocycles. The first kappa shape index (κ1) is 19.8. The van der Waals surface area contributed by atoms with E-state index in [4.69, 9.17) is 4.99 Å². The van der Waals surface area contributed by atoms with Crippen LogP contribution in [0.3, 0.4) is 0 Å². The van der Waals surface area contributed by atoms with Gasteiger partial charge in [-0.15, -0.1) is 36.6 Å². The molecular formula is C18H20Cl2N2S. The minimum Gasteiger partial charge on any atom is -0.284 e. The quantitative estimate of drug-likeness (QED) is 0.687. The highest BCUT2D eigenvalue weighted by Crippen LogP contribution is 2.23. The van der Waals surface area contributed by atoms with Crippen LogP contribution < -0.4 is 0 Å². The lowest BCUT2D eigenvalue weighted by Crippen LogP contribution is -2.11. The number of hydrogen-bond donors (Lipinski definition) is 0. The molecule has 0 aliphatic carbocycles. The van der Waals surface area contributed by atoms with E-state index in [9.17, 15) is 0 Å². The van der Waals surface area contributed by atoms with Gasteiger partial charge in [-0.25, -0.2) is 0 Å². The van der Waals surface area contributed by atoms with E-state index in [1.165, 1.54) is 16.0 Å². The fourth-order valence-electron chi connectivity index (χ4n) is 2.50. The lowest BCUT2D eigenvalue weighted by molar-refractivity contribution is 0.818. The van der Waals surface area contributed by atoms with Gasteiger partial charge >= 0.3 is 0 Å². The molecule has 0 spiro atoms. The van der Waals surface area contributed by atoms with E-state index in [0.29, 0.717) is 0 Å². The molecule has 0 atom stereocenters. The molecule has 0 bridgehead atoms. The number of halogens is 2. The Hall–Kier alpha value is -1.29. The van der Waals surface area contributed by atoms with Gasteiger partial charge in [0, 0.05) is 29.4 Å². The van der Waals surface area contributed by atoms with Gasteiger partial charge in [-0.05, 0) is 60.6 Å². The summed E-state index contributed by atoms with van der Waals surface area (Å²) >= 11 is 1.77. The van der Waals surface area contributed by atoms with Crippen LogP contribution >= 0.6 is 36.6 Å². The monoisotopic (exact) mass is 366 g/mol. The maximum absolute atomic E-state index is 4.72. The number of hydrogen-bond acceptors (Lipinski definition) is 3. The van der Waals surface area contributed by atoms with E-state index in [1.54, 1.807) is 18.0 Å². The molecule has 1 aromatic heterocycles. The van der Waals surface area contributed by atoms with Crippen molar-refractivity contribution in [3.8, 4) is 0 Å². The molecule has 0 saturated heterocycles. The predicted molar refractivity (Wildman–Crippen MR) is 106 cm³/mol. The molecule has 2 aromatic rings. The molecule has 2 nitrogen and oxygen atoms in total. The number of benzene rings is 1. The fraction of sp³-hybridized carbons (Fsp3) is 0.222. The average molecular weight is 367 g/mol. The Morgan fingerprint density at radius 3 is 2.52 bits per heavy atom. The molecule has 0 unspecified atom stereocenters. The first-order valence-corrected chi connectivity index (χ1v) is 8.39. The highest BCUT2D eigenvalue weighted by molar-refractivity contribution is 7.98. The van der Waals surface area contributed by atoms with Crippen LogP contribution in [0.15, 0.2) is 64.3 Å². The van der Waals surface area contributed by atoms with Crippen LogP contribution in [0, 0.1) is 0 Å². The summed E-state index contributed by atoms with van der Waals surface area (Å²) in [5.41, 5.74) is 4.76. The lowest BCUT2D eigenvalue weighted by Gasteiger charge is -2.16. The fourth-order valence-corrected chi connectivity index (χ4v) is 2.91. The lowest BCUT2D eigenvalue weighted by atomic mass is 9.95. The van der Waals surface area contributed by atoms with Crippen molar-refractivity contribution in [3.05, 3.63) is 65.5 Å². The summed E-state index contributed by atoms with van der Waals surface area (Å²) in [7, 11) is 0. The van der Waals surface area contributed by atoms with Crippen molar-refractivity contribution >= 4 is 48.4 Å². The zero-order valence-electron chi connectivity index (χ0n) is 12.9. The van der Waals surface area contributed by atoms with Crippen molar-refractivity contribution in [2.45, 2.75) is 17.7 Å². The average Bonchev–Trinajstić information content (AvgIpc) is 2.57. The third-order valence-corrected chi connectivity index (χ3v) is 4.31. The Morgan fingerprint density at radius 2 is 1.87 bits per heavy atom. The van der Waals surface area contributed by atoms with Crippen LogP contribution in [0.5, 0.6) is 0 Å². The van der Waals surface area contributed by atoms with Crippen LogP contribution in [0.25, 0.3) is 6.08 Å². The van der Waals surface area contributed by atoms with Crippen molar-refractivity contribution in [2.75, 3.05) is 12.8 Å². The van der Waals surface area contributed by atoms with Gasteiger partial charge in [0.05, 0.1) is 5.71 Å². The van der Waals surface area contributed by atoms with E-state index in [0.717, 1.165) is 30.7 Å². The van der Waals surface area contributed by atoms with Gasteiger partial charge in [0.15, 0.2) is 0 Å². The molecule has 23 heavy (non-hydrogen) atoms. The normalized spacial score (nSPS) is 15.3. The largest absolute Gasteiger partial charge is 0.284 e. The standard InChI is InChI=1S/C18H18N2S.2ClH/c1-21-17-8-6-14(7-9-17)12-15-4-3-11-20-18(15)16-5-2-10-19-13-16;;/h2,5-10,12-13H,3-4,11H2,1H3;2*1H. The van der Waals surface area contributed by atoms with E-state index in [2.05, 4.69) is 47.6 Å². The third kappa shape index (κ3) is 5.10. The highest BCUT2D eigenvalue weighted by Gasteiger charge is 2.14. The molecule has 5 heteroatoms. The van der Waals surface area contributed by atoms with E-state index < -0.39 is 0 Å². The molecule has 0 fully saturated rings. The smallest absolute Gasteiger partial charge is 0.0694 e. The maximum Gasteiger partial charge on any atom is 0.0694 e. The molecule has 1 aliphatic heterocycles. The van der Waals surface area contributed by atoms with Crippen molar-refractivity contribution < 1.29 is 0 Å². The van der Waals surface area contributed by atoms with Crippen LogP contribution in [0.4, 0.5) is 0 Å². The number of allylic oxidation sites excluding steroid dienone is 1. The van der Waals surface area contributed by atoms with E-state index in [-0.39, 0.29) is 24.8 Å². The summed E-state index contributed by atoms with van der Waals surface area (Å²) < 4.78 is 0. The minimum atomic E-state index is 0. The molecule has 0 N–H and O–H groups in total. The number of rotatable bonds is 3. The first-order chi connectivity index (χ1) is 10.4. The summed E-state index contributed by atoms with van der Waals surface area (Å²) in [4.78, 5) is 10.2. The Labute approximate surface area is 154 Å². The zero-order chi connectivity index (χ0) is 14.5. The summed E-state index contributed by atoms with van der Waals surface area (Å²) in [6, 6.07) is 12.7. The van der Waals surface area contributed by atoms with Crippen LogP contribution in [0.1, 0.15) is 24.0 Å². The van der Waals surface area contributed by atoms with Gasteiger partial charge in [0.25, 0.3) is 0 Å². The van der Waals surface area contributed by atoms with Gasteiger partial charge in [-0.3, -0.25) is 9.98 Å². The summed E-state index contributed by atoms with van der Waals surface area (Å²) in [5.74, 6) is 0. The Kier molecular flexibility index (Phi) is 8.38. The van der Waals surface area contributed by atoms with Crippen LogP contribution in [0.2, 0.25) is 0 Å². The van der Waals surface area contributed by atoms with Gasteiger partial charge in [-0.2, -0.15) is 0 Å². The van der Waals surface area contributed by atoms with Gasteiger partial charge in [0.2, 0.25) is 0 Å². The maximum atomic E-state index is 4.72. The minimum absolute atomic E-state index is 0. The van der Waals surface area contributed by atoms with E-state index in [1.807, 2.05) is 12.3 Å². The van der Waals surface area contributed by atoms with Gasteiger partial charge in [-0.1, -0.05) is 12.1 Å². The molecule has 0 amide bonds. The van der Waals surface area contributed by atoms with Crippen LogP contribution in [-0.4, -0.2) is 23.5 Å². The second-order valence-corrected chi connectivity index (χ2v) is 5.90. The Bertz CT molecular complexity index is 667. The Balaban J connectivity index is 0.00000132. The molecular weight excluding hydrogens is 347 g/mol. The zero-order valence-corrected chi connectivity index (χ0v) is 15.4. The molecule has 0 radical (unpaired) electrons. The van der Waals surface area contributed by atoms with Crippen molar-refractivity contribution in [3.63, 3.8) is 0 Å². The first-order valence-electron chi connectivity index (χ1n) is 7.16. The summed E-state index contributed by atoms with van der Waals surface area (Å²) in [6.07, 6.45) is 10.3. The number of pyridine rings is 1. The molecule has 1 aliphatic rings. The predicted octanol–water partition coefficient (Wildman–Crippen LogP) is 5.31. The second-order valence-electron chi connectivity index (χ2n) is 5.02. The number of thioether (sulfide) groups is 1. The van der Waals surface area contributed by atoms with Crippen molar-refractivity contribution in [1.82, 2.24) is 4.98 Å². The SMILES string of the molecule is CSc1ccc(C=C2CCCN=C2c2cccnc2)cc1.Cl.Cl. The van der Waals surface area contributed by atoms with Crippen molar-refractivity contribution in [1.29, 1.82) is 0 Å². The molecule has 122 valence electrons. The van der Waals surface area contributed by atoms with Gasteiger partial charge in [0.1, 0.15) is 0 Å².